The third-order valence-electron chi connectivity index (χ3n) is 8.83. The van der Waals surface area contributed by atoms with E-state index < -0.39 is 51.8 Å². The molecule has 0 aromatic rings. The van der Waals surface area contributed by atoms with Crippen molar-refractivity contribution in [3.05, 3.63) is 24.3 Å². The molecule has 0 saturated heterocycles. The van der Waals surface area contributed by atoms with Crippen LogP contribution in [0.25, 0.3) is 0 Å². The predicted octanol–water partition coefficient (Wildman–Crippen LogP) is 10.6. The number of carbonyl (C=O) groups excluding carboxylic acids is 2. The van der Waals surface area contributed by atoms with Crippen LogP contribution in [0.15, 0.2) is 24.3 Å². The Labute approximate surface area is 317 Å². The second kappa shape index (κ2) is 37.8. The molecule has 0 aliphatic rings. The first kappa shape index (κ1) is 50.5. The Balaban J connectivity index is 4.29. The van der Waals surface area contributed by atoms with Crippen LogP contribution in [-0.2, 0) is 32.7 Å². The molecule has 11 heteroatoms. The number of hydrogen-bond donors (Lipinski definition) is 3. The SMILES string of the molecule is CCCC/C=C\CCCCCCCC(=O)OCC(COP(=O)(O)OCC(O)CO)OC(=O)CCCCCCCCC/C=C\CCCCCCCCC. The highest BCUT2D eigenvalue weighted by molar-refractivity contribution is 7.47. The van der Waals surface area contributed by atoms with Gasteiger partial charge >= 0.3 is 19.8 Å². The van der Waals surface area contributed by atoms with Gasteiger partial charge in [0.1, 0.15) is 12.7 Å². The van der Waals surface area contributed by atoms with Crippen molar-refractivity contribution in [3.63, 3.8) is 0 Å². The topological polar surface area (TPSA) is 149 Å². The summed E-state index contributed by atoms with van der Waals surface area (Å²) in [5.41, 5.74) is 0. The van der Waals surface area contributed by atoms with Crippen molar-refractivity contribution in [2.75, 3.05) is 26.4 Å². The van der Waals surface area contributed by atoms with E-state index >= 15 is 0 Å². The van der Waals surface area contributed by atoms with E-state index in [2.05, 4.69) is 42.7 Å². The Morgan fingerprint density at radius 3 is 1.44 bits per heavy atom. The molecule has 306 valence electrons. The van der Waals surface area contributed by atoms with Crippen molar-refractivity contribution in [3.8, 4) is 0 Å². The molecule has 0 bridgehead atoms. The Kier molecular flexibility index (Phi) is 36.6. The standard InChI is InChI=1S/C41H77O10P/c1-3-5-7-9-11-13-15-16-17-18-19-20-21-23-25-27-29-31-33-41(45)51-39(37-50-52(46,47)49-35-38(43)34-42)36-48-40(44)32-30-28-26-24-22-14-12-10-8-6-4-2/h10,12,17-18,38-39,42-43H,3-9,11,13-16,19-37H2,1-2H3,(H,46,47)/b12-10-,18-17-. The first-order valence-electron chi connectivity index (χ1n) is 20.8. The van der Waals surface area contributed by atoms with Gasteiger partial charge in [0.05, 0.1) is 19.8 Å². The number of hydrogen-bond acceptors (Lipinski definition) is 9. The molecule has 0 fully saturated rings. The van der Waals surface area contributed by atoms with Gasteiger partial charge in [-0.1, -0.05) is 141 Å². The summed E-state index contributed by atoms with van der Waals surface area (Å²) in [4.78, 5) is 34.9. The number of ether oxygens (including phenoxy) is 2. The van der Waals surface area contributed by atoms with Gasteiger partial charge in [-0.05, 0) is 57.8 Å². The number of allylic oxidation sites excluding steroid dienone is 4. The number of phosphoric acid groups is 1. The minimum absolute atomic E-state index is 0.179. The van der Waals surface area contributed by atoms with Crippen LogP contribution in [0.1, 0.15) is 187 Å². The highest BCUT2D eigenvalue weighted by atomic mass is 31.2. The average molecular weight is 761 g/mol. The molecule has 0 amide bonds. The summed E-state index contributed by atoms with van der Waals surface area (Å²) < 4.78 is 32.6. The van der Waals surface area contributed by atoms with Gasteiger partial charge in [-0.15, -0.1) is 0 Å². The molecule has 0 heterocycles. The number of rotatable bonds is 39. The lowest BCUT2D eigenvalue weighted by Gasteiger charge is -2.20. The van der Waals surface area contributed by atoms with E-state index in [1.54, 1.807) is 0 Å². The number of unbranched alkanes of at least 4 members (excludes halogenated alkanes) is 21. The summed E-state index contributed by atoms with van der Waals surface area (Å²) in [5.74, 6) is -0.938. The highest BCUT2D eigenvalue weighted by Gasteiger charge is 2.27. The number of esters is 2. The van der Waals surface area contributed by atoms with E-state index in [1.807, 2.05) is 0 Å². The summed E-state index contributed by atoms with van der Waals surface area (Å²) in [5, 5.41) is 18.3. The Morgan fingerprint density at radius 1 is 0.558 bits per heavy atom. The fourth-order valence-electron chi connectivity index (χ4n) is 5.56. The van der Waals surface area contributed by atoms with Gasteiger partial charge in [0, 0.05) is 12.8 Å². The molecule has 0 aliphatic heterocycles. The summed E-state index contributed by atoms with van der Waals surface area (Å²) in [6.07, 6.45) is 35.8. The fourth-order valence-corrected chi connectivity index (χ4v) is 6.35. The summed E-state index contributed by atoms with van der Waals surface area (Å²) >= 11 is 0. The summed E-state index contributed by atoms with van der Waals surface area (Å²) in [6.45, 7) is 2.32. The highest BCUT2D eigenvalue weighted by Crippen LogP contribution is 2.43. The van der Waals surface area contributed by atoms with Crippen molar-refractivity contribution in [1.82, 2.24) is 0 Å². The first-order valence-corrected chi connectivity index (χ1v) is 22.3. The zero-order chi connectivity index (χ0) is 38.4. The lowest BCUT2D eigenvalue weighted by atomic mass is 10.1. The maximum Gasteiger partial charge on any atom is 0.472 e. The molecule has 0 spiro atoms. The van der Waals surface area contributed by atoms with Crippen LogP contribution in [0.3, 0.4) is 0 Å². The second-order valence-corrected chi connectivity index (χ2v) is 15.5. The smallest absolute Gasteiger partial charge is 0.462 e. The average Bonchev–Trinajstić information content (AvgIpc) is 3.13. The second-order valence-electron chi connectivity index (χ2n) is 14.0. The van der Waals surface area contributed by atoms with Crippen molar-refractivity contribution in [2.45, 2.75) is 199 Å². The molecule has 3 atom stereocenters. The number of carbonyl (C=O) groups is 2. The van der Waals surface area contributed by atoms with Crippen molar-refractivity contribution >= 4 is 19.8 Å². The van der Waals surface area contributed by atoms with E-state index in [4.69, 9.17) is 19.1 Å². The van der Waals surface area contributed by atoms with Crippen LogP contribution in [0.4, 0.5) is 0 Å². The van der Waals surface area contributed by atoms with E-state index in [0.717, 1.165) is 64.2 Å². The van der Waals surface area contributed by atoms with Gasteiger partial charge in [-0.25, -0.2) is 4.57 Å². The van der Waals surface area contributed by atoms with Crippen LogP contribution < -0.4 is 0 Å². The van der Waals surface area contributed by atoms with Crippen LogP contribution in [0, 0.1) is 0 Å². The third-order valence-corrected chi connectivity index (χ3v) is 9.78. The molecule has 0 saturated carbocycles. The summed E-state index contributed by atoms with van der Waals surface area (Å²) in [6, 6.07) is 0. The van der Waals surface area contributed by atoms with Gasteiger partial charge in [0.25, 0.3) is 0 Å². The molecule has 10 nitrogen and oxygen atoms in total. The first-order chi connectivity index (χ1) is 25.2. The van der Waals surface area contributed by atoms with Gasteiger partial charge in [0.2, 0.25) is 0 Å². The minimum Gasteiger partial charge on any atom is -0.462 e. The molecular formula is C41H77O10P. The van der Waals surface area contributed by atoms with E-state index in [1.165, 1.54) is 83.5 Å². The van der Waals surface area contributed by atoms with E-state index in [0.29, 0.717) is 12.8 Å². The Morgan fingerprint density at radius 2 is 0.962 bits per heavy atom. The van der Waals surface area contributed by atoms with Crippen LogP contribution in [0.2, 0.25) is 0 Å². The predicted molar refractivity (Wildman–Crippen MR) is 210 cm³/mol. The largest absolute Gasteiger partial charge is 0.472 e. The lowest BCUT2D eigenvalue weighted by Crippen LogP contribution is -2.29. The van der Waals surface area contributed by atoms with Gasteiger partial charge in [-0.3, -0.25) is 18.6 Å². The van der Waals surface area contributed by atoms with Crippen LogP contribution >= 0.6 is 7.82 Å². The van der Waals surface area contributed by atoms with Gasteiger partial charge < -0.3 is 24.6 Å². The van der Waals surface area contributed by atoms with Crippen LogP contribution in [0.5, 0.6) is 0 Å². The zero-order valence-corrected chi connectivity index (χ0v) is 33.9. The number of aliphatic hydroxyl groups excluding tert-OH is 2. The lowest BCUT2D eigenvalue weighted by molar-refractivity contribution is -0.161. The molecule has 0 aromatic carbocycles. The van der Waals surface area contributed by atoms with Crippen molar-refractivity contribution < 1.29 is 47.8 Å². The maximum atomic E-state index is 12.6. The fraction of sp³-hybridized carbons (Fsp3) is 0.854. The molecule has 3 unspecified atom stereocenters. The van der Waals surface area contributed by atoms with E-state index in [9.17, 15) is 24.2 Å². The molecule has 0 aliphatic carbocycles. The molecule has 0 aromatic heterocycles. The van der Waals surface area contributed by atoms with E-state index in [-0.39, 0.29) is 19.4 Å². The van der Waals surface area contributed by atoms with Gasteiger partial charge in [-0.2, -0.15) is 0 Å². The normalized spacial score (nSPS) is 14.2. The van der Waals surface area contributed by atoms with Gasteiger partial charge in [0.15, 0.2) is 6.10 Å². The van der Waals surface area contributed by atoms with Crippen molar-refractivity contribution in [1.29, 1.82) is 0 Å². The monoisotopic (exact) mass is 761 g/mol. The summed E-state index contributed by atoms with van der Waals surface area (Å²) in [7, 11) is -4.61. The third kappa shape index (κ3) is 36.8. The maximum absolute atomic E-state index is 12.6. The minimum atomic E-state index is -4.61. The molecule has 52 heavy (non-hydrogen) atoms. The Hall–Kier alpha value is -1.55. The molecular weight excluding hydrogens is 683 g/mol. The molecule has 0 rings (SSSR count). The molecule has 0 radical (unpaired) electrons. The van der Waals surface area contributed by atoms with Crippen LogP contribution in [-0.4, -0.2) is 65.7 Å². The molecule has 3 N–H and O–H groups in total. The Bertz CT molecular complexity index is 925. The quantitative estimate of drug-likeness (QED) is 0.0239. The van der Waals surface area contributed by atoms with Crippen molar-refractivity contribution in [2.24, 2.45) is 0 Å². The number of phosphoric ester groups is 1. The number of aliphatic hydroxyl groups is 2. The zero-order valence-electron chi connectivity index (χ0n) is 33.0.